The summed E-state index contributed by atoms with van der Waals surface area (Å²) in [6.45, 7) is -0.254. The van der Waals surface area contributed by atoms with Crippen LogP contribution < -0.4 is 5.73 Å². The standard InChI is InChI=1S/C14H9ClF3NO2/c15-10-3-8(16)2-1-7(10)6-21-14(20)9-4-11(17)12(18)5-13(9)19/h1-5H,6,19H2. The molecule has 110 valence electrons. The Morgan fingerprint density at radius 3 is 2.48 bits per heavy atom. The summed E-state index contributed by atoms with van der Waals surface area (Å²) in [5, 5.41) is 0.0843. The van der Waals surface area contributed by atoms with Gasteiger partial charge in [-0.15, -0.1) is 0 Å². The van der Waals surface area contributed by atoms with Crippen molar-refractivity contribution in [1.29, 1.82) is 0 Å². The Kier molecular flexibility index (Phi) is 4.37. The molecular formula is C14H9ClF3NO2. The van der Waals surface area contributed by atoms with Crippen LogP contribution in [-0.4, -0.2) is 5.97 Å². The van der Waals surface area contributed by atoms with Gasteiger partial charge in [0, 0.05) is 17.3 Å². The molecule has 0 aromatic heterocycles. The highest BCUT2D eigenvalue weighted by Crippen LogP contribution is 2.21. The van der Waals surface area contributed by atoms with Crippen molar-refractivity contribution < 1.29 is 22.7 Å². The van der Waals surface area contributed by atoms with Crippen molar-refractivity contribution in [3.8, 4) is 0 Å². The minimum absolute atomic E-state index is 0.0843. The predicted octanol–water partition coefficient (Wildman–Crippen LogP) is 3.70. The number of carbonyl (C=O) groups is 1. The number of esters is 1. The van der Waals surface area contributed by atoms with Crippen LogP contribution in [0.5, 0.6) is 0 Å². The van der Waals surface area contributed by atoms with Gasteiger partial charge in [0.2, 0.25) is 0 Å². The Morgan fingerprint density at radius 1 is 1.14 bits per heavy atom. The van der Waals surface area contributed by atoms with Crippen LogP contribution in [0.4, 0.5) is 18.9 Å². The molecule has 0 spiro atoms. The molecule has 0 bridgehead atoms. The minimum Gasteiger partial charge on any atom is -0.457 e. The van der Waals surface area contributed by atoms with Crippen molar-refractivity contribution in [2.45, 2.75) is 6.61 Å². The largest absolute Gasteiger partial charge is 0.457 e. The smallest absolute Gasteiger partial charge is 0.340 e. The van der Waals surface area contributed by atoms with E-state index in [0.717, 1.165) is 12.1 Å². The van der Waals surface area contributed by atoms with Crippen LogP contribution in [0, 0.1) is 17.5 Å². The number of nitrogens with two attached hydrogens (primary N) is 1. The number of anilines is 1. The SMILES string of the molecule is Nc1cc(F)c(F)cc1C(=O)OCc1ccc(F)cc1Cl. The van der Waals surface area contributed by atoms with Gasteiger partial charge in [-0.05, 0) is 18.2 Å². The average molecular weight is 316 g/mol. The fraction of sp³-hybridized carbons (Fsp3) is 0.0714. The van der Waals surface area contributed by atoms with Crippen molar-refractivity contribution in [1.82, 2.24) is 0 Å². The van der Waals surface area contributed by atoms with Crippen LogP contribution in [0.3, 0.4) is 0 Å². The van der Waals surface area contributed by atoms with Crippen molar-refractivity contribution in [3.05, 3.63) is 63.9 Å². The lowest BCUT2D eigenvalue weighted by molar-refractivity contribution is 0.0473. The summed E-state index contributed by atoms with van der Waals surface area (Å²) in [6.07, 6.45) is 0. The third kappa shape index (κ3) is 3.46. The van der Waals surface area contributed by atoms with E-state index in [1.807, 2.05) is 0 Å². The first-order chi connectivity index (χ1) is 9.88. The maximum atomic E-state index is 13.1. The number of carbonyl (C=O) groups excluding carboxylic acids is 1. The number of halogens is 4. The number of nitrogen functional groups attached to an aromatic ring is 1. The van der Waals surface area contributed by atoms with E-state index in [0.29, 0.717) is 17.7 Å². The molecule has 21 heavy (non-hydrogen) atoms. The molecule has 2 rings (SSSR count). The highest BCUT2D eigenvalue weighted by molar-refractivity contribution is 6.31. The molecule has 0 fully saturated rings. The van der Waals surface area contributed by atoms with E-state index in [2.05, 4.69) is 0 Å². The van der Waals surface area contributed by atoms with Gasteiger partial charge in [0.1, 0.15) is 12.4 Å². The maximum absolute atomic E-state index is 13.1. The van der Waals surface area contributed by atoms with E-state index < -0.39 is 23.4 Å². The molecule has 7 heteroatoms. The molecule has 0 heterocycles. The van der Waals surface area contributed by atoms with E-state index in [4.69, 9.17) is 22.1 Å². The van der Waals surface area contributed by atoms with Crippen LogP contribution in [0.25, 0.3) is 0 Å². The Bertz CT molecular complexity index is 707. The molecule has 2 aromatic rings. The first kappa shape index (κ1) is 15.2. The fourth-order valence-electron chi connectivity index (χ4n) is 1.60. The number of rotatable bonds is 3. The third-order valence-corrected chi connectivity index (χ3v) is 3.04. The van der Waals surface area contributed by atoms with Crippen molar-refractivity contribution >= 4 is 23.3 Å². The zero-order valence-electron chi connectivity index (χ0n) is 10.5. The second-order valence-electron chi connectivity index (χ2n) is 4.17. The molecule has 0 aliphatic heterocycles. The van der Waals surface area contributed by atoms with E-state index in [1.54, 1.807) is 0 Å². The van der Waals surface area contributed by atoms with Crippen LogP contribution in [0.2, 0.25) is 5.02 Å². The summed E-state index contributed by atoms with van der Waals surface area (Å²) in [6, 6.07) is 4.91. The topological polar surface area (TPSA) is 52.3 Å². The van der Waals surface area contributed by atoms with E-state index in [-0.39, 0.29) is 22.9 Å². The van der Waals surface area contributed by atoms with Crippen molar-refractivity contribution in [2.24, 2.45) is 0 Å². The Morgan fingerprint density at radius 2 is 1.81 bits per heavy atom. The van der Waals surface area contributed by atoms with Gasteiger partial charge < -0.3 is 10.5 Å². The zero-order chi connectivity index (χ0) is 15.6. The lowest BCUT2D eigenvalue weighted by atomic mass is 10.1. The van der Waals surface area contributed by atoms with Crippen molar-refractivity contribution in [3.63, 3.8) is 0 Å². The molecule has 0 aliphatic rings. The van der Waals surface area contributed by atoms with E-state index >= 15 is 0 Å². The van der Waals surface area contributed by atoms with Crippen LogP contribution in [0.15, 0.2) is 30.3 Å². The zero-order valence-corrected chi connectivity index (χ0v) is 11.3. The van der Waals surface area contributed by atoms with E-state index in [1.165, 1.54) is 6.07 Å². The second-order valence-corrected chi connectivity index (χ2v) is 4.57. The summed E-state index contributed by atoms with van der Waals surface area (Å²) in [7, 11) is 0. The highest BCUT2D eigenvalue weighted by atomic mass is 35.5. The number of benzene rings is 2. The Hall–Kier alpha value is -2.21. The van der Waals surface area contributed by atoms with E-state index in [9.17, 15) is 18.0 Å². The lowest BCUT2D eigenvalue weighted by Crippen LogP contribution is -2.10. The van der Waals surface area contributed by atoms with Gasteiger partial charge >= 0.3 is 5.97 Å². The Balaban J connectivity index is 2.13. The quantitative estimate of drug-likeness (QED) is 0.694. The maximum Gasteiger partial charge on any atom is 0.340 e. The van der Waals surface area contributed by atoms with Gasteiger partial charge in [-0.3, -0.25) is 0 Å². The van der Waals surface area contributed by atoms with Gasteiger partial charge in [0.15, 0.2) is 11.6 Å². The molecule has 2 aromatic carbocycles. The van der Waals surface area contributed by atoms with Crippen molar-refractivity contribution in [2.75, 3.05) is 5.73 Å². The van der Waals surface area contributed by atoms with Gasteiger partial charge in [-0.25, -0.2) is 18.0 Å². The molecule has 0 unspecified atom stereocenters. The Labute approximate surface area is 123 Å². The molecule has 0 atom stereocenters. The number of hydrogen-bond acceptors (Lipinski definition) is 3. The lowest BCUT2D eigenvalue weighted by Gasteiger charge is -2.09. The third-order valence-electron chi connectivity index (χ3n) is 2.69. The first-order valence-electron chi connectivity index (χ1n) is 5.74. The molecule has 0 amide bonds. The fourth-order valence-corrected chi connectivity index (χ4v) is 1.82. The van der Waals surface area contributed by atoms with Gasteiger partial charge in [-0.2, -0.15) is 0 Å². The molecule has 0 aliphatic carbocycles. The summed E-state index contributed by atoms with van der Waals surface area (Å²) >= 11 is 5.77. The first-order valence-corrected chi connectivity index (χ1v) is 6.12. The number of hydrogen-bond donors (Lipinski definition) is 1. The molecule has 2 N–H and O–H groups in total. The van der Waals surface area contributed by atoms with Gasteiger partial charge in [0.25, 0.3) is 0 Å². The average Bonchev–Trinajstić information content (AvgIpc) is 2.41. The predicted molar refractivity (Wildman–Crippen MR) is 71.3 cm³/mol. The number of ether oxygens (including phenoxy) is 1. The van der Waals surface area contributed by atoms with Gasteiger partial charge in [-0.1, -0.05) is 17.7 Å². The second kappa shape index (κ2) is 6.05. The normalized spacial score (nSPS) is 10.5. The van der Waals surface area contributed by atoms with Crippen LogP contribution in [0.1, 0.15) is 15.9 Å². The molecule has 0 radical (unpaired) electrons. The molecule has 0 saturated carbocycles. The van der Waals surface area contributed by atoms with Crippen LogP contribution >= 0.6 is 11.6 Å². The molecule has 0 saturated heterocycles. The summed E-state index contributed by atoms with van der Waals surface area (Å²) in [4.78, 5) is 11.8. The monoisotopic (exact) mass is 315 g/mol. The van der Waals surface area contributed by atoms with Gasteiger partial charge in [0.05, 0.1) is 10.6 Å². The summed E-state index contributed by atoms with van der Waals surface area (Å²) in [5.74, 6) is -3.84. The highest BCUT2D eigenvalue weighted by Gasteiger charge is 2.16. The minimum atomic E-state index is -1.21. The molecule has 3 nitrogen and oxygen atoms in total. The summed E-state index contributed by atoms with van der Waals surface area (Å²) < 4.78 is 43.8. The van der Waals surface area contributed by atoms with Crippen LogP contribution in [-0.2, 0) is 11.3 Å². The molecular weight excluding hydrogens is 307 g/mol. The summed E-state index contributed by atoms with van der Waals surface area (Å²) in [5.41, 5.74) is 5.25.